The molecule has 19 heavy (non-hydrogen) atoms. The maximum absolute atomic E-state index is 11.9. The molecular formula is C14H15N3O2. The molecule has 1 atom stereocenters. The lowest BCUT2D eigenvalue weighted by atomic mass is 10.2. The molecule has 5 heteroatoms. The van der Waals surface area contributed by atoms with Crippen molar-refractivity contribution in [3.63, 3.8) is 0 Å². The Morgan fingerprint density at radius 2 is 2.26 bits per heavy atom. The zero-order chi connectivity index (χ0) is 13.8. The molecule has 0 saturated heterocycles. The van der Waals surface area contributed by atoms with Gasteiger partial charge in [0.15, 0.2) is 0 Å². The first kappa shape index (κ1) is 13.1. The van der Waals surface area contributed by atoms with Crippen LogP contribution in [0.25, 0.3) is 11.0 Å². The Labute approximate surface area is 111 Å². The van der Waals surface area contributed by atoms with Crippen LogP contribution < -0.4 is 0 Å². The molecule has 0 fully saturated rings. The first-order valence-corrected chi connectivity index (χ1v) is 6.18. The molecule has 2 rings (SSSR count). The van der Waals surface area contributed by atoms with Crippen molar-refractivity contribution in [2.45, 2.75) is 26.3 Å². The number of hydrogen-bond acceptors (Lipinski definition) is 4. The molecule has 2 aromatic rings. The number of benzene rings is 1. The van der Waals surface area contributed by atoms with Crippen LogP contribution in [-0.4, -0.2) is 22.1 Å². The van der Waals surface area contributed by atoms with Gasteiger partial charge in [-0.15, -0.1) is 0 Å². The first-order valence-electron chi connectivity index (χ1n) is 6.18. The van der Waals surface area contributed by atoms with Crippen LogP contribution in [-0.2, 0) is 16.0 Å². The molecule has 0 N–H and O–H groups in total. The number of esters is 1. The minimum absolute atomic E-state index is 0.165. The number of nitrogens with zero attached hydrogens (tertiary/aromatic N) is 3. The molecule has 1 heterocycles. The molecule has 1 unspecified atom stereocenters. The second-order valence-electron chi connectivity index (χ2n) is 4.15. The fraction of sp³-hybridized carbons (Fsp3) is 0.357. The molecule has 0 amide bonds. The molecule has 98 valence electrons. The van der Waals surface area contributed by atoms with Gasteiger partial charge in [-0.3, -0.25) is 0 Å². The van der Waals surface area contributed by atoms with Gasteiger partial charge in [-0.05, 0) is 26.0 Å². The number of rotatable bonds is 4. The Morgan fingerprint density at radius 3 is 2.95 bits per heavy atom. The van der Waals surface area contributed by atoms with E-state index in [0.29, 0.717) is 12.4 Å². The lowest BCUT2D eigenvalue weighted by Crippen LogP contribution is -2.20. The fourth-order valence-corrected chi connectivity index (χ4v) is 2.09. The molecule has 0 bridgehead atoms. The van der Waals surface area contributed by atoms with Gasteiger partial charge in [0.2, 0.25) is 0 Å². The molecule has 0 aliphatic heterocycles. The van der Waals surface area contributed by atoms with Crippen LogP contribution in [0.15, 0.2) is 24.3 Å². The minimum atomic E-state index is -0.490. The van der Waals surface area contributed by atoms with E-state index < -0.39 is 6.04 Å². The molecule has 1 aromatic heterocycles. The van der Waals surface area contributed by atoms with Crippen molar-refractivity contribution in [2.24, 2.45) is 0 Å². The normalized spacial score (nSPS) is 12.1. The summed E-state index contributed by atoms with van der Waals surface area (Å²) in [7, 11) is 0. The molecule has 0 aliphatic carbocycles. The lowest BCUT2D eigenvalue weighted by Gasteiger charge is -2.15. The van der Waals surface area contributed by atoms with Crippen molar-refractivity contribution >= 4 is 17.0 Å². The van der Waals surface area contributed by atoms with Crippen molar-refractivity contribution in [3.05, 3.63) is 30.1 Å². The summed E-state index contributed by atoms with van der Waals surface area (Å²) in [4.78, 5) is 16.3. The van der Waals surface area contributed by atoms with Gasteiger partial charge in [0.05, 0.1) is 30.1 Å². The number of carbonyl (C=O) groups excluding carboxylic acids is 1. The molecule has 0 aliphatic rings. The second-order valence-corrected chi connectivity index (χ2v) is 4.15. The predicted molar refractivity (Wildman–Crippen MR) is 70.4 cm³/mol. The van der Waals surface area contributed by atoms with Crippen LogP contribution in [0, 0.1) is 11.3 Å². The second kappa shape index (κ2) is 5.53. The Balaban J connectivity index is 2.53. The average Bonchev–Trinajstić information content (AvgIpc) is 2.76. The lowest BCUT2D eigenvalue weighted by molar-refractivity contribution is -0.146. The van der Waals surface area contributed by atoms with Crippen LogP contribution >= 0.6 is 0 Å². The summed E-state index contributed by atoms with van der Waals surface area (Å²) in [6.07, 6.45) is 0.165. The quantitative estimate of drug-likeness (QED) is 0.788. The summed E-state index contributed by atoms with van der Waals surface area (Å²) in [6.45, 7) is 3.86. The van der Waals surface area contributed by atoms with Crippen LogP contribution in [0.5, 0.6) is 0 Å². The van der Waals surface area contributed by atoms with E-state index in [1.54, 1.807) is 18.4 Å². The summed E-state index contributed by atoms with van der Waals surface area (Å²) in [5.41, 5.74) is 1.62. The van der Waals surface area contributed by atoms with E-state index in [2.05, 4.69) is 11.1 Å². The van der Waals surface area contributed by atoms with Gasteiger partial charge in [-0.1, -0.05) is 12.1 Å². The van der Waals surface area contributed by atoms with Crippen LogP contribution in [0.3, 0.4) is 0 Å². The zero-order valence-electron chi connectivity index (χ0n) is 11.0. The van der Waals surface area contributed by atoms with Crippen molar-refractivity contribution in [2.75, 3.05) is 6.61 Å². The zero-order valence-corrected chi connectivity index (χ0v) is 11.0. The smallest absolute Gasteiger partial charge is 0.328 e. The van der Waals surface area contributed by atoms with E-state index in [4.69, 9.17) is 10.00 Å². The van der Waals surface area contributed by atoms with Crippen LogP contribution in [0.4, 0.5) is 0 Å². The number of imidazole rings is 1. The van der Waals surface area contributed by atoms with E-state index in [-0.39, 0.29) is 12.4 Å². The number of aromatic nitrogens is 2. The highest BCUT2D eigenvalue weighted by atomic mass is 16.5. The molecule has 0 radical (unpaired) electrons. The average molecular weight is 257 g/mol. The largest absolute Gasteiger partial charge is 0.464 e. The summed E-state index contributed by atoms with van der Waals surface area (Å²) < 4.78 is 6.81. The maximum Gasteiger partial charge on any atom is 0.328 e. The van der Waals surface area contributed by atoms with Crippen molar-refractivity contribution < 1.29 is 9.53 Å². The van der Waals surface area contributed by atoms with Crippen LogP contribution in [0.1, 0.15) is 25.7 Å². The molecule has 0 saturated carbocycles. The third-order valence-corrected chi connectivity index (χ3v) is 2.92. The van der Waals surface area contributed by atoms with Crippen LogP contribution in [0.2, 0.25) is 0 Å². The standard InChI is InChI=1S/C14H15N3O2/c1-3-19-14(18)10(2)17-12-7-5-4-6-11(12)16-13(17)8-9-15/h4-7,10H,3,8H2,1-2H3. The predicted octanol–water partition coefficient (Wildman–Crippen LogP) is 2.23. The van der Waals surface area contributed by atoms with Crippen molar-refractivity contribution in [1.82, 2.24) is 9.55 Å². The van der Waals surface area contributed by atoms with E-state index in [0.717, 1.165) is 11.0 Å². The Morgan fingerprint density at radius 1 is 1.53 bits per heavy atom. The highest BCUT2D eigenvalue weighted by molar-refractivity contribution is 5.81. The van der Waals surface area contributed by atoms with Gasteiger partial charge in [0.25, 0.3) is 0 Å². The molecule has 1 aromatic carbocycles. The maximum atomic E-state index is 11.9. The first-order chi connectivity index (χ1) is 9.19. The number of hydrogen-bond donors (Lipinski definition) is 0. The van der Waals surface area contributed by atoms with Gasteiger partial charge >= 0.3 is 5.97 Å². The Kier molecular flexibility index (Phi) is 3.81. The highest BCUT2D eigenvalue weighted by Gasteiger charge is 2.22. The molecular weight excluding hydrogens is 242 g/mol. The Bertz CT molecular complexity index is 640. The third-order valence-electron chi connectivity index (χ3n) is 2.92. The number of carbonyl (C=O) groups is 1. The van der Waals surface area contributed by atoms with E-state index in [1.807, 2.05) is 24.3 Å². The highest BCUT2D eigenvalue weighted by Crippen LogP contribution is 2.22. The summed E-state index contributed by atoms with van der Waals surface area (Å²) >= 11 is 0. The monoisotopic (exact) mass is 257 g/mol. The number of fused-ring (bicyclic) bond motifs is 1. The number of ether oxygens (including phenoxy) is 1. The summed E-state index contributed by atoms with van der Waals surface area (Å²) in [5, 5.41) is 8.87. The van der Waals surface area contributed by atoms with E-state index in [1.165, 1.54) is 0 Å². The van der Waals surface area contributed by atoms with Crippen molar-refractivity contribution in [1.29, 1.82) is 5.26 Å². The third kappa shape index (κ3) is 2.43. The van der Waals surface area contributed by atoms with Gasteiger partial charge in [-0.25, -0.2) is 9.78 Å². The van der Waals surface area contributed by atoms with Gasteiger partial charge in [0.1, 0.15) is 11.9 Å². The summed E-state index contributed by atoms with van der Waals surface area (Å²) in [6, 6.07) is 9.10. The van der Waals surface area contributed by atoms with Crippen molar-refractivity contribution in [3.8, 4) is 6.07 Å². The van der Waals surface area contributed by atoms with Gasteiger partial charge < -0.3 is 9.30 Å². The Hall–Kier alpha value is -2.35. The fourth-order valence-electron chi connectivity index (χ4n) is 2.09. The molecule has 0 spiro atoms. The van der Waals surface area contributed by atoms with Gasteiger partial charge in [-0.2, -0.15) is 5.26 Å². The van der Waals surface area contributed by atoms with Gasteiger partial charge in [0, 0.05) is 0 Å². The number of para-hydroxylation sites is 2. The summed E-state index contributed by atoms with van der Waals surface area (Å²) in [5.74, 6) is 0.272. The topological polar surface area (TPSA) is 67.9 Å². The van der Waals surface area contributed by atoms with E-state index >= 15 is 0 Å². The molecule has 5 nitrogen and oxygen atoms in total. The van der Waals surface area contributed by atoms with E-state index in [9.17, 15) is 4.79 Å². The SMILES string of the molecule is CCOC(=O)C(C)n1c(CC#N)nc2ccccc21. The minimum Gasteiger partial charge on any atom is -0.464 e. The number of nitriles is 1.